The molecule has 0 bridgehead atoms. The van der Waals surface area contributed by atoms with E-state index < -0.39 is 0 Å². The molecule has 3 aromatic rings. The lowest BCUT2D eigenvalue weighted by atomic mass is 9.71. The van der Waals surface area contributed by atoms with E-state index in [1.165, 1.54) is 6.42 Å². The van der Waals surface area contributed by atoms with Gasteiger partial charge in [0, 0.05) is 6.42 Å². The monoisotopic (exact) mass is 353 g/mol. The van der Waals surface area contributed by atoms with Crippen molar-refractivity contribution in [1.82, 2.24) is 35.5 Å². The molecule has 136 valence electrons. The van der Waals surface area contributed by atoms with Crippen molar-refractivity contribution in [1.29, 1.82) is 0 Å². The van der Waals surface area contributed by atoms with Crippen LogP contribution in [0.25, 0.3) is 11.0 Å². The van der Waals surface area contributed by atoms with E-state index in [0.29, 0.717) is 19.5 Å². The molecule has 26 heavy (non-hydrogen) atoms. The molecule has 0 spiro atoms. The number of hydrogen-bond acceptors (Lipinski definition) is 5. The highest BCUT2D eigenvalue weighted by Gasteiger charge is 2.35. The van der Waals surface area contributed by atoms with Crippen molar-refractivity contribution in [2.45, 2.75) is 51.6 Å². The van der Waals surface area contributed by atoms with Crippen LogP contribution in [0.1, 0.15) is 44.3 Å². The number of fused-ring (bicyclic) bond motifs is 1. The number of nitrogens with zero attached hydrogens (tertiary/aromatic N) is 5. The van der Waals surface area contributed by atoms with Crippen LogP contribution in [0.4, 0.5) is 0 Å². The summed E-state index contributed by atoms with van der Waals surface area (Å²) in [5, 5.41) is 14.4. The van der Waals surface area contributed by atoms with Gasteiger partial charge in [-0.2, -0.15) is 0 Å². The van der Waals surface area contributed by atoms with Crippen molar-refractivity contribution < 1.29 is 4.79 Å². The van der Waals surface area contributed by atoms with Crippen LogP contribution >= 0.6 is 0 Å². The smallest absolute Gasteiger partial charge is 0.220 e. The number of carbonyl (C=O) groups is 1. The SMILES string of the molecule is O=C(CC1(Cn2cnnn2)CCCCC1)NCc1nc2ccccc2[nH]1. The number of rotatable bonds is 6. The van der Waals surface area contributed by atoms with E-state index in [0.717, 1.165) is 42.5 Å². The Morgan fingerprint density at radius 3 is 2.85 bits per heavy atom. The molecule has 2 N–H and O–H groups in total. The fourth-order valence-corrected chi connectivity index (χ4v) is 3.96. The Labute approximate surface area is 151 Å². The number of amides is 1. The lowest BCUT2D eigenvalue weighted by Crippen LogP contribution is -2.36. The van der Waals surface area contributed by atoms with Crippen molar-refractivity contribution in [2.24, 2.45) is 5.41 Å². The zero-order valence-electron chi connectivity index (χ0n) is 14.7. The molecule has 0 radical (unpaired) electrons. The van der Waals surface area contributed by atoms with Gasteiger partial charge < -0.3 is 10.3 Å². The Bertz CT molecular complexity index is 832. The standard InChI is InChI=1S/C18H23N7O/c26-17(19-11-16-21-14-6-2-3-7-15(14)22-16)10-18(8-4-1-5-9-18)12-25-13-20-23-24-25/h2-3,6-7,13H,1,4-5,8-12H2,(H,19,26)(H,21,22). The summed E-state index contributed by atoms with van der Waals surface area (Å²) in [6, 6.07) is 7.86. The van der Waals surface area contributed by atoms with E-state index in [4.69, 9.17) is 0 Å². The van der Waals surface area contributed by atoms with Crippen LogP contribution < -0.4 is 5.32 Å². The maximum absolute atomic E-state index is 12.6. The second-order valence-electron chi connectivity index (χ2n) is 7.22. The van der Waals surface area contributed by atoms with E-state index in [1.54, 1.807) is 11.0 Å². The zero-order chi connectivity index (χ0) is 17.8. The Morgan fingerprint density at radius 2 is 2.08 bits per heavy atom. The fraction of sp³-hybridized carbons (Fsp3) is 0.500. The highest BCUT2D eigenvalue weighted by atomic mass is 16.1. The third-order valence-electron chi connectivity index (χ3n) is 5.23. The molecule has 1 aliphatic carbocycles. The Balaban J connectivity index is 1.39. The topological polar surface area (TPSA) is 101 Å². The predicted octanol–water partition coefficient (Wildman–Crippen LogP) is 2.21. The third kappa shape index (κ3) is 3.74. The van der Waals surface area contributed by atoms with Crippen LogP contribution in [0.2, 0.25) is 0 Å². The van der Waals surface area contributed by atoms with Gasteiger partial charge >= 0.3 is 0 Å². The van der Waals surface area contributed by atoms with E-state index in [1.807, 2.05) is 24.3 Å². The van der Waals surface area contributed by atoms with E-state index >= 15 is 0 Å². The summed E-state index contributed by atoms with van der Waals surface area (Å²) in [5.41, 5.74) is 1.84. The zero-order valence-corrected chi connectivity index (χ0v) is 14.7. The minimum Gasteiger partial charge on any atom is -0.349 e. The molecule has 0 saturated heterocycles. The Kier molecular flexibility index (Phi) is 4.64. The molecular formula is C18H23N7O. The van der Waals surface area contributed by atoms with Crippen molar-refractivity contribution >= 4 is 16.9 Å². The molecule has 4 rings (SSSR count). The fourth-order valence-electron chi connectivity index (χ4n) is 3.96. The van der Waals surface area contributed by atoms with Gasteiger partial charge in [-0.1, -0.05) is 31.4 Å². The predicted molar refractivity (Wildman–Crippen MR) is 95.9 cm³/mol. The number of hydrogen-bond donors (Lipinski definition) is 2. The van der Waals surface area contributed by atoms with Gasteiger partial charge in [-0.15, -0.1) is 5.10 Å². The van der Waals surface area contributed by atoms with Crippen LogP contribution in [0, 0.1) is 5.41 Å². The number of aromatic amines is 1. The first kappa shape index (κ1) is 16.7. The normalized spacial score (nSPS) is 16.6. The summed E-state index contributed by atoms with van der Waals surface area (Å²) < 4.78 is 1.75. The van der Waals surface area contributed by atoms with Crippen LogP contribution in [-0.2, 0) is 17.9 Å². The molecule has 1 aliphatic rings. The Morgan fingerprint density at radius 1 is 1.23 bits per heavy atom. The van der Waals surface area contributed by atoms with Gasteiger partial charge in [0.1, 0.15) is 12.2 Å². The lowest BCUT2D eigenvalue weighted by Gasteiger charge is -2.36. The molecule has 8 nitrogen and oxygen atoms in total. The third-order valence-corrected chi connectivity index (χ3v) is 5.23. The summed E-state index contributed by atoms with van der Waals surface area (Å²) >= 11 is 0. The second-order valence-corrected chi connectivity index (χ2v) is 7.22. The lowest BCUT2D eigenvalue weighted by molar-refractivity contribution is -0.124. The van der Waals surface area contributed by atoms with E-state index in [-0.39, 0.29) is 11.3 Å². The molecule has 0 aliphatic heterocycles. The number of para-hydroxylation sites is 2. The summed E-state index contributed by atoms with van der Waals surface area (Å²) in [6.45, 7) is 1.10. The summed E-state index contributed by atoms with van der Waals surface area (Å²) in [4.78, 5) is 20.4. The van der Waals surface area contributed by atoms with Gasteiger partial charge in [-0.25, -0.2) is 9.67 Å². The maximum Gasteiger partial charge on any atom is 0.220 e. The number of H-pyrrole nitrogens is 1. The number of nitrogens with one attached hydrogen (secondary N) is 2. The van der Waals surface area contributed by atoms with Gasteiger partial charge in [0.05, 0.1) is 24.1 Å². The van der Waals surface area contributed by atoms with Gasteiger partial charge in [0.15, 0.2) is 0 Å². The highest BCUT2D eigenvalue weighted by molar-refractivity contribution is 5.77. The van der Waals surface area contributed by atoms with Gasteiger partial charge in [0.2, 0.25) is 5.91 Å². The average Bonchev–Trinajstić information content (AvgIpc) is 3.29. The van der Waals surface area contributed by atoms with Crippen molar-refractivity contribution in [3.05, 3.63) is 36.4 Å². The van der Waals surface area contributed by atoms with Crippen molar-refractivity contribution in [3.63, 3.8) is 0 Å². The minimum atomic E-state index is -0.0639. The molecule has 0 unspecified atom stereocenters. The molecule has 0 atom stereocenters. The number of imidazole rings is 1. The van der Waals surface area contributed by atoms with Gasteiger partial charge in [-0.05, 0) is 40.8 Å². The largest absolute Gasteiger partial charge is 0.349 e. The van der Waals surface area contributed by atoms with Crippen molar-refractivity contribution in [3.8, 4) is 0 Å². The van der Waals surface area contributed by atoms with Crippen LogP contribution in [0.5, 0.6) is 0 Å². The Hall–Kier alpha value is -2.77. The summed E-state index contributed by atoms with van der Waals surface area (Å²) in [6.07, 6.45) is 7.72. The van der Waals surface area contributed by atoms with Crippen molar-refractivity contribution in [2.75, 3.05) is 0 Å². The molecule has 2 heterocycles. The molecule has 1 aromatic carbocycles. The highest BCUT2D eigenvalue weighted by Crippen LogP contribution is 2.40. The first-order chi connectivity index (χ1) is 12.7. The quantitative estimate of drug-likeness (QED) is 0.707. The summed E-state index contributed by atoms with van der Waals surface area (Å²) in [7, 11) is 0. The number of aromatic nitrogens is 6. The van der Waals surface area contributed by atoms with Crippen LogP contribution in [0.15, 0.2) is 30.6 Å². The number of tetrazole rings is 1. The van der Waals surface area contributed by atoms with Crippen LogP contribution in [-0.4, -0.2) is 36.1 Å². The molecular weight excluding hydrogens is 330 g/mol. The number of benzene rings is 1. The second kappa shape index (κ2) is 7.23. The maximum atomic E-state index is 12.6. The van der Waals surface area contributed by atoms with Gasteiger partial charge in [-0.3, -0.25) is 4.79 Å². The van der Waals surface area contributed by atoms with E-state index in [2.05, 4.69) is 30.8 Å². The summed E-state index contributed by atoms with van der Waals surface area (Å²) in [5.74, 6) is 0.832. The van der Waals surface area contributed by atoms with Crippen LogP contribution in [0.3, 0.4) is 0 Å². The molecule has 2 aromatic heterocycles. The minimum absolute atomic E-state index is 0.0560. The van der Waals surface area contributed by atoms with E-state index in [9.17, 15) is 4.79 Å². The molecule has 8 heteroatoms. The molecule has 1 amide bonds. The first-order valence-corrected chi connectivity index (χ1v) is 9.14. The first-order valence-electron chi connectivity index (χ1n) is 9.14. The molecule has 1 fully saturated rings. The molecule has 1 saturated carbocycles. The average molecular weight is 353 g/mol. The number of carbonyl (C=O) groups excluding carboxylic acids is 1. The van der Waals surface area contributed by atoms with Gasteiger partial charge in [0.25, 0.3) is 0 Å².